The molecule has 7 heteroatoms. The number of pyridine rings is 1. The fourth-order valence-electron chi connectivity index (χ4n) is 3.57. The minimum atomic E-state index is -0.493. The summed E-state index contributed by atoms with van der Waals surface area (Å²) in [6.07, 6.45) is 4.78. The van der Waals surface area contributed by atoms with Crippen LogP contribution in [0.3, 0.4) is 0 Å². The van der Waals surface area contributed by atoms with Crippen LogP contribution in [0.2, 0.25) is 0 Å². The van der Waals surface area contributed by atoms with Crippen molar-refractivity contribution in [2.45, 2.75) is 25.2 Å². The van der Waals surface area contributed by atoms with E-state index < -0.39 is 5.79 Å². The SMILES string of the molecule is O=C(NCc1cccnc1)c1ccc(C(=O)N2CCC3(CC2)OCCO3)cc1. The van der Waals surface area contributed by atoms with Crippen LogP contribution < -0.4 is 5.32 Å². The van der Waals surface area contributed by atoms with E-state index in [-0.39, 0.29) is 11.8 Å². The molecule has 2 aliphatic rings. The number of carbonyl (C=O) groups is 2. The lowest BCUT2D eigenvalue weighted by Crippen LogP contribution is -2.47. The van der Waals surface area contributed by atoms with Crippen LogP contribution in [0.4, 0.5) is 0 Å². The van der Waals surface area contributed by atoms with E-state index in [1.54, 1.807) is 36.7 Å². The van der Waals surface area contributed by atoms with E-state index in [0.717, 1.165) is 5.56 Å². The molecule has 0 aliphatic carbocycles. The van der Waals surface area contributed by atoms with Crippen molar-refractivity contribution in [3.8, 4) is 0 Å². The van der Waals surface area contributed by atoms with Gasteiger partial charge in [-0.1, -0.05) is 6.07 Å². The lowest BCUT2D eigenvalue weighted by atomic mass is 10.0. The molecule has 7 nitrogen and oxygen atoms in total. The van der Waals surface area contributed by atoms with Crippen molar-refractivity contribution in [1.29, 1.82) is 0 Å². The van der Waals surface area contributed by atoms with Crippen molar-refractivity contribution in [3.05, 3.63) is 65.5 Å². The Bertz CT molecular complexity index is 822. The molecule has 0 radical (unpaired) electrons. The molecular formula is C21H23N3O4. The maximum Gasteiger partial charge on any atom is 0.253 e. The van der Waals surface area contributed by atoms with Gasteiger partial charge in [-0.25, -0.2) is 0 Å². The summed E-state index contributed by atoms with van der Waals surface area (Å²) in [6.45, 7) is 2.86. The van der Waals surface area contributed by atoms with Crippen LogP contribution in [0, 0.1) is 0 Å². The molecule has 2 saturated heterocycles. The standard InChI is InChI=1S/C21H23N3O4/c25-19(23-15-16-2-1-9-22-14-16)17-3-5-18(6-4-17)20(26)24-10-7-21(8-11-24)27-12-13-28-21/h1-6,9,14H,7-8,10-13,15H2,(H,23,25). The van der Waals surface area contributed by atoms with Gasteiger partial charge in [0.15, 0.2) is 5.79 Å². The third-order valence-electron chi connectivity index (χ3n) is 5.20. The van der Waals surface area contributed by atoms with Crippen LogP contribution >= 0.6 is 0 Å². The molecule has 0 saturated carbocycles. The van der Waals surface area contributed by atoms with Gasteiger partial charge in [0.1, 0.15) is 0 Å². The van der Waals surface area contributed by atoms with Crippen molar-refractivity contribution in [2.24, 2.45) is 0 Å². The van der Waals surface area contributed by atoms with Crippen molar-refractivity contribution in [1.82, 2.24) is 15.2 Å². The van der Waals surface area contributed by atoms with Crippen molar-refractivity contribution >= 4 is 11.8 Å². The summed E-state index contributed by atoms with van der Waals surface area (Å²) in [7, 11) is 0. The summed E-state index contributed by atoms with van der Waals surface area (Å²) < 4.78 is 11.4. The monoisotopic (exact) mass is 381 g/mol. The Morgan fingerprint density at radius 1 is 1.04 bits per heavy atom. The number of benzene rings is 1. The van der Waals surface area contributed by atoms with Crippen LogP contribution in [0.25, 0.3) is 0 Å². The van der Waals surface area contributed by atoms with Gasteiger partial charge in [0, 0.05) is 56.0 Å². The zero-order valence-electron chi connectivity index (χ0n) is 15.6. The molecule has 2 amide bonds. The van der Waals surface area contributed by atoms with Gasteiger partial charge in [0.05, 0.1) is 13.2 Å². The molecule has 0 atom stereocenters. The average molecular weight is 381 g/mol. The Hall–Kier alpha value is -2.77. The second-order valence-corrected chi connectivity index (χ2v) is 7.02. The summed E-state index contributed by atoms with van der Waals surface area (Å²) in [5, 5.41) is 2.85. The molecule has 28 heavy (non-hydrogen) atoms. The number of hydrogen-bond acceptors (Lipinski definition) is 5. The van der Waals surface area contributed by atoms with Crippen molar-refractivity contribution < 1.29 is 19.1 Å². The Balaban J connectivity index is 1.32. The van der Waals surface area contributed by atoms with E-state index in [1.807, 2.05) is 17.0 Å². The first kappa shape index (κ1) is 18.6. The van der Waals surface area contributed by atoms with Crippen LogP contribution in [-0.2, 0) is 16.0 Å². The predicted molar refractivity (Wildman–Crippen MR) is 102 cm³/mol. The zero-order chi connectivity index (χ0) is 19.4. The van der Waals surface area contributed by atoms with E-state index in [9.17, 15) is 9.59 Å². The predicted octanol–water partition coefficient (Wildman–Crippen LogP) is 1.99. The summed E-state index contributed by atoms with van der Waals surface area (Å²) in [5.74, 6) is -0.707. The fourth-order valence-corrected chi connectivity index (χ4v) is 3.57. The number of nitrogens with one attached hydrogen (secondary N) is 1. The maximum absolute atomic E-state index is 12.7. The number of piperidine rings is 1. The Kier molecular flexibility index (Phi) is 5.36. The number of hydrogen-bond donors (Lipinski definition) is 1. The smallest absolute Gasteiger partial charge is 0.253 e. The van der Waals surface area contributed by atoms with E-state index in [0.29, 0.717) is 56.8 Å². The number of aromatic nitrogens is 1. The van der Waals surface area contributed by atoms with Gasteiger partial charge in [-0.2, -0.15) is 0 Å². The maximum atomic E-state index is 12.7. The highest BCUT2D eigenvalue weighted by molar-refractivity contribution is 5.97. The second kappa shape index (κ2) is 8.08. The molecule has 4 rings (SSSR count). The summed E-state index contributed by atoms with van der Waals surface area (Å²) in [6, 6.07) is 10.5. The second-order valence-electron chi connectivity index (χ2n) is 7.02. The number of ether oxygens (including phenoxy) is 2. The van der Waals surface area contributed by atoms with Gasteiger partial charge in [-0.05, 0) is 35.9 Å². The summed E-state index contributed by atoms with van der Waals surface area (Å²) >= 11 is 0. The fraction of sp³-hybridized carbons (Fsp3) is 0.381. The van der Waals surface area contributed by atoms with Crippen molar-refractivity contribution in [3.63, 3.8) is 0 Å². The van der Waals surface area contributed by atoms with Crippen molar-refractivity contribution in [2.75, 3.05) is 26.3 Å². The quantitative estimate of drug-likeness (QED) is 0.876. The number of amides is 2. The lowest BCUT2D eigenvalue weighted by molar-refractivity contribution is -0.181. The Morgan fingerprint density at radius 2 is 1.71 bits per heavy atom. The molecule has 1 aromatic heterocycles. The number of carbonyl (C=O) groups excluding carboxylic acids is 2. The summed E-state index contributed by atoms with van der Waals surface area (Å²) in [4.78, 5) is 30.9. The highest BCUT2D eigenvalue weighted by Gasteiger charge is 2.40. The third-order valence-corrected chi connectivity index (χ3v) is 5.20. The molecule has 1 N–H and O–H groups in total. The molecule has 0 bridgehead atoms. The molecule has 2 aromatic rings. The zero-order valence-corrected chi connectivity index (χ0v) is 15.6. The minimum absolute atomic E-state index is 0.0323. The largest absolute Gasteiger partial charge is 0.348 e. The van der Waals surface area contributed by atoms with Crippen LogP contribution in [0.15, 0.2) is 48.8 Å². The number of rotatable bonds is 4. The first-order valence-electron chi connectivity index (χ1n) is 9.50. The van der Waals surface area contributed by atoms with Gasteiger partial charge < -0.3 is 19.7 Å². The molecule has 0 unspecified atom stereocenters. The van der Waals surface area contributed by atoms with Crippen LogP contribution in [0.1, 0.15) is 39.1 Å². The molecule has 2 fully saturated rings. The van der Waals surface area contributed by atoms with Crippen LogP contribution in [0.5, 0.6) is 0 Å². The Labute approximate surface area is 163 Å². The third kappa shape index (κ3) is 4.05. The van der Waals surface area contributed by atoms with E-state index in [4.69, 9.17) is 9.47 Å². The van der Waals surface area contributed by atoms with Gasteiger partial charge in [0.2, 0.25) is 0 Å². The topological polar surface area (TPSA) is 80.8 Å². The Morgan fingerprint density at radius 3 is 2.36 bits per heavy atom. The van der Waals surface area contributed by atoms with Gasteiger partial charge in [-0.3, -0.25) is 14.6 Å². The number of nitrogens with zero attached hydrogens (tertiary/aromatic N) is 2. The molecule has 3 heterocycles. The van der Waals surface area contributed by atoms with E-state index >= 15 is 0 Å². The molecule has 1 spiro atoms. The molecule has 2 aliphatic heterocycles. The van der Waals surface area contributed by atoms with Crippen LogP contribution in [-0.4, -0.2) is 53.8 Å². The van der Waals surface area contributed by atoms with E-state index in [1.165, 1.54) is 0 Å². The first-order valence-corrected chi connectivity index (χ1v) is 9.50. The van der Waals surface area contributed by atoms with Gasteiger partial charge >= 0.3 is 0 Å². The normalized spacial score (nSPS) is 18.2. The minimum Gasteiger partial charge on any atom is -0.348 e. The first-order chi connectivity index (χ1) is 13.7. The summed E-state index contributed by atoms with van der Waals surface area (Å²) in [5.41, 5.74) is 2.03. The highest BCUT2D eigenvalue weighted by Crippen LogP contribution is 2.31. The lowest BCUT2D eigenvalue weighted by Gasteiger charge is -2.37. The molecule has 1 aromatic carbocycles. The molecular weight excluding hydrogens is 358 g/mol. The highest BCUT2D eigenvalue weighted by atomic mass is 16.7. The van der Waals surface area contributed by atoms with E-state index in [2.05, 4.69) is 10.3 Å². The molecule has 146 valence electrons. The van der Waals surface area contributed by atoms with Gasteiger partial charge in [-0.15, -0.1) is 0 Å². The van der Waals surface area contributed by atoms with Gasteiger partial charge in [0.25, 0.3) is 11.8 Å². The average Bonchev–Trinajstić information content (AvgIpc) is 3.21. The number of likely N-dealkylation sites (tertiary alicyclic amines) is 1.